The molecule has 0 aromatic rings. The van der Waals surface area contributed by atoms with Gasteiger partial charge in [-0.1, -0.05) is 31.6 Å². The standard InChI is InChI=1S/C21H30O5/c1-13-6-7-16-8-9-18(23)21(25,20(16,4)5)19(24)12-14(2)11-17(10-13)26-15(3)22/h11,16-17,25H,1,6-10,12H2,2-5H3/b14-11+/t16-,17+,21-/m1/s1. The molecule has 5 heteroatoms. The van der Waals surface area contributed by atoms with Gasteiger partial charge in [-0.3, -0.25) is 14.4 Å². The van der Waals surface area contributed by atoms with E-state index >= 15 is 0 Å². The van der Waals surface area contributed by atoms with Crippen LogP contribution >= 0.6 is 0 Å². The van der Waals surface area contributed by atoms with Crippen molar-refractivity contribution in [1.29, 1.82) is 0 Å². The molecule has 0 aromatic carbocycles. The molecule has 0 spiro atoms. The number of hydrogen-bond donors (Lipinski definition) is 1. The van der Waals surface area contributed by atoms with E-state index in [1.54, 1.807) is 13.0 Å². The molecular weight excluding hydrogens is 332 g/mol. The number of esters is 1. The Hall–Kier alpha value is -1.75. The van der Waals surface area contributed by atoms with Crippen molar-refractivity contribution in [3.63, 3.8) is 0 Å². The third-order valence-electron chi connectivity index (χ3n) is 6.04. The van der Waals surface area contributed by atoms with Crippen LogP contribution in [0.3, 0.4) is 0 Å². The van der Waals surface area contributed by atoms with Gasteiger partial charge in [0, 0.05) is 31.6 Å². The summed E-state index contributed by atoms with van der Waals surface area (Å²) in [6.07, 6.45) is 4.06. The number of hydrogen-bond acceptors (Lipinski definition) is 5. The molecule has 26 heavy (non-hydrogen) atoms. The fourth-order valence-corrected chi connectivity index (χ4v) is 4.39. The molecule has 0 aromatic heterocycles. The minimum atomic E-state index is -1.97. The number of allylic oxidation sites excluding steroid dienone is 1. The van der Waals surface area contributed by atoms with E-state index in [0.717, 1.165) is 12.0 Å². The highest BCUT2D eigenvalue weighted by atomic mass is 16.5. The highest BCUT2D eigenvalue weighted by molar-refractivity contribution is 6.12. The van der Waals surface area contributed by atoms with Gasteiger partial charge in [-0.2, -0.15) is 0 Å². The summed E-state index contributed by atoms with van der Waals surface area (Å²) < 4.78 is 5.34. The molecule has 2 bridgehead atoms. The van der Waals surface area contributed by atoms with Gasteiger partial charge in [0.15, 0.2) is 17.2 Å². The summed E-state index contributed by atoms with van der Waals surface area (Å²) in [4.78, 5) is 36.9. The van der Waals surface area contributed by atoms with Crippen molar-refractivity contribution in [1.82, 2.24) is 0 Å². The normalized spacial score (nSPS) is 35.0. The Balaban J connectivity index is 2.44. The van der Waals surface area contributed by atoms with E-state index in [0.29, 0.717) is 24.8 Å². The first kappa shape index (κ1) is 20.6. The van der Waals surface area contributed by atoms with Gasteiger partial charge in [0.25, 0.3) is 0 Å². The zero-order valence-electron chi connectivity index (χ0n) is 16.3. The van der Waals surface area contributed by atoms with Crippen molar-refractivity contribution in [3.8, 4) is 0 Å². The van der Waals surface area contributed by atoms with E-state index in [-0.39, 0.29) is 24.5 Å². The second-order valence-corrected chi connectivity index (χ2v) is 8.34. The highest BCUT2D eigenvalue weighted by Crippen LogP contribution is 2.49. The first-order chi connectivity index (χ1) is 12.0. The lowest BCUT2D eigenvalue weighted by atomic mass is 9.56. The molecule has 1 fully saturated rings. The Labute approximate surface area is 155 Å². The minimum absolute atomic E-state index is 0.0391. The molecule has 2 aliphatic rings. The second kappa shape index (κ2) is 7.47. The molecule has 0 radical (unpaired) electrons. The van der Waals surface area contributed by atoms with Crippen LogP contribution in [0.25, 0.3) is 0 Å². The molecule has 2 aliphatic carbocycles. The third kappa shape index (κ3) is 3.83. The fraction of sp³-hybridized carbons (Fsp3) is 0.667. The molecule has 0 unspecified atom stereocenters. The summed E-state index contributed by atoms with van der Waals surface area (Å²) in [5, 5.41) is 11.2. The smallest absolute Gasteiger partial charge is 0.303 e. The monoisotopic (exact) mass is 362 g/mol. The number of carbonyl (C=O) groups is 3. The summed E-state index contributed by atoms with van der Waals surface area (Å²) in [5.74, 6) is -1.20. The van der Waals surface area contributed by atoms with Crippen molar-refractivity contribution < 1.29 is 24.2 Å². The van der Waals surface area contributed by atoms with Gasteiger partial charge in [-0.15, -0.1) is 0 Å². The molecule has 1 saturated carbocycles. The topological polar surface area (TPSA) is 80.7 Å². The average Bonchev–Trinajstić information content (AvgIpc) is 2.50. The van der Waals surface area contributed by atoms with Gasteiger partial charge in [-0.05, 0) is 38.2 Å². The molecule has 0 heterocycles. The molecule has 0 saturated heterocycles. The van der Waals surface area contributed by atoms with E-state index in [1.807, 2.05) is 13.8 Å². The van der Waals surface area contributed by atoms with Crippen LogP contribution in [0.1, 0.15) is 66.2 Å². The van der Waals surface area contributed by atoms with Crippen molar-refractivity contribution in [2.45, 2.75) is 77.9 Å². The van der Waals surface area contributed by atoms with Crippen LogP contribution in [0.4, 0.5) is 0 Å². The minimum Gasteiger partial charge on any atom is -0.458 e. The number of Topliss-reactive ketones (excluding diaryl/α,β-unsaturated/α-hetero) is 2. The summed E-state index contributed by atoms with van der Waals surface area (Å²) in [5.41, 5.74) is -1.16. The molecule has 1 N–H and O–H groups in total. The fourth-order valence-electron chi connectivity index (χ4n) is 4.39. The SMILES string of the molecule is C=C1CC[C@@H]2CCC(=O)[C@@](O)(C(=O)C/C(C)=C/[C@@H](OC(C)=O)C1)C2(C)C. The number of aliphatic hydroxyl groups is 1. The number of ether oxygens (including phenoxy) is 1. The van der Waals surface area contributed by atoms with E-state index in [1.165, 1.54) is 6.92 Å². The van der Waals surface area contributed by atoms with Crippen LogP contribution in [0.15, 0.2) is 23.8 Å². The first-order valence-electron chi connectivity index (χ1n) is 9.28. The maximum absolute atomic E-state index is 13.0. The van der Waals surface area contributed by atoms with Crippen molar-refractivity contribution >= 4 is 17.5 Å². The van der Waals surface area contributed by atoms with Gasteiger partial charge in [0.1, 0.15) is 6.10 Å². The van der Waals surface area contributed by atoms with E-state index in [9.17, 15) is 19.5 Å². The Bertz CT molecular complexity index is 657. The summed E-state index contributed by atoms with van der Waals surface area (Å²) in [6, 6.07) is 0. The van der Waals surface area contributed by atoms with Gasteiger partial charge in [0.05, 0.1) is 0 Å². The maximum Gasteiger partial charge on any atom is 0.303 e. The Morgan fingerprint density at radius 3 is 2.46 bits per heavy atom. The Morgan fingerprint density at radius 1 is 1.23 bits per heavy atom. The lowest BCUT2D eigenvalue weighted by Crippen LogP contribution is -2.62. The molecule has 5 nitrogen and oxygen atoms in total. The zero-order valence-corrected chi connectivity index (χ0v) is 16.3. The number of fused-ring (bicyclic) bond motifs is 2. The van der Waals surface area contributed by atoms with Crippen molar-refractivity contribution in [3.05, 3.63) is 23.8 Å². The Kier molecular flexibility index (Phi) is 5.91. The van der Waals surface area contributed by atoms with Crippen LogP contribution in [0, 0.1) is 11.3 Å². The molecule has 144 valence electrons. The maximum atomic E-state index is 13.0. The number of ketones is 2. The Morgan fingerprint density at radius 2 is 1.85 bits per heavy atom. The quantitative estimate of drug-likeness (QED) is 0.440. The highest BCUT2D eigenvalue weighted by Gasteiger charge is 2.59. The lowest BCUT2D eigenvalue weighted by Gasteiger charge is -2.49. The third-order valence-corrected chi connectivity index (χ3v) is 6.04. The predicted molar refractivity (Wildman–Crippen MR) is 98.4 cm³/mol. The van der Waals surface area contributed by atoms with Gasteiger partial charge >= 0.3 is 5.97 Å². The van der Waals surface area contributed by atoms with E-state index in [4.69, 9.17) is 4.74 Å². The van der Waals surface area contributed by atoms with E-state index < -0.39 is 28.9 Å². The van der Waals surface area contributed by atoms with Gasteiger partial charge in [0.2, 0.25) is 0 Å². The number of rotatable bonds is 1. The van der Waals surface area contributed by atoms with Gasteiger partial charge < -0.3 is 9.84 Å². The lowest BCUT2D eigenvalue weighted by molar-refractivity contribution is -0.175. The number of carbonyl (C=O) groups excluding carboxylic acids is 3. The van der Waals surface area contributed by atoms with E-state index in [2.05, 4.69) is 6.58 Å². The summed E-state index contributed by atoms with van der Waals surface area (Å²) in [7, 11) is 0. The zero-order chi connectivity index (χ0) is 19.7. The van der Waals surface area contributed by atoms with Crippen molar-refractivity contribution in [2.24, 2.45) is 11.3 Å². The first-order valence-corrected chi connectivity index (χ1v) is 9.28. The average molecular weight is 362 g/mol. The molecular formula is C21H30O5. The van der Waals surface area contributed by atoms with Crippen molar-refractivity contribution in [2.75, 3.05) is 0 Å². The molecule has 0 amide bonds. The summed E-state index contributed by atoms with van der Waals surface area (Å²) in [6.45, 7) is 10.9. The second-order valence-electron chi connectivity index (χ2n) is 8.34. The van der Waals surface area contributed by atoms with Crippen LogP contribution in [-0.4, -0.2) is 34.3 Å². The van der Waals surface area contributed by atoms with Crippen LogP contribution in [-0.2, 0) is 19.1 Å². The predicted octanol–water partition coefficient (Wildman–Crippen LogP) is 3.30. The van der Waals surface area contributed by atoms with Crippen LogP contribution in [0.2, 0.25) is 0 Å². The molecule has 0 aliphatic heterocycles. The van der Waals surface area contributed by atoms with Gasteiger partial charge in [-0.25, -0.2) is 0 Å². The van der Waals surface area contributed by atoms with Crippen LogP contribution in [0.5, 0.6) is 0 Å². The largest absolute Gasteiger partial charge is 0.458 e. The molecule has 3 atom stereocenters. The summed E-state index contributed by atoms with van der Waals surface area (Å²) >= 11 is 0. The molecule has 2 rings (SSSR count). The van der Waals surface area contributed by atoms with Crippen LogP contribution < -0.4 is 0 Å².